The van der Waals surface area contributed by atoms with E-state index in [0.29, 0.717) is 22.6 Å². The van der Waals surface area contributed by atoms with E-state index >= 15 is 0 Å². The molecule has 1 aliphatic rings. The van der Waals surface area contributed by atoms with Crippen LogP contribution < -0.4 is 14.8 Å². The maximum Gasteiger partial charge on any atom is 0.329 e. The van der Waals surface area contributed by atoms with Crippen molar-refractivity contribution in [2.45, 2.75) is 33.1 Å². The molecule has 0 spiro atoms. The lowest BCUT2D eigenvalue weighted by molar-refractivity contribution is -0.385. The van der Waals surface area contributed by atoms with Gasteiger partial charge in [0.1, 0.15) is 24.1 Å². The molecule has 10 nitrogen and oxygen atoms in total. The first-order valence-electron chi connectivity index (χ1n) is 10.6. The Morgan fingerprint density at radius 2 is 1.97 bits per heavy atom. The van der Waals surface area contributed by atoms with Gasteiger partial charge < -0.3 is 24.3 Å². The Morgan fingerprint density at radius 3 is 2.62 bits per heavy atom. The summed E-state index contributed by atoms with van der Waals surface area (Å²) in [5.41, 5.74) is 1.49. The fraction of sp³-hybridized carbons (Fsp3) is 0.333. The summed E-state index contributed by atoms with van der Waals surface area (Å²) in [6.45, 7) is 3.45. The number of fused-ring (bicyclic) bond motifs is 1. The molecule has 34 heavy (non-hydrogen) atoms. The van der Waals surface area contributed by atoms with Crippen LogP contribution in [0.4, 0.5) is 5.69 Å². The number of esters is 1. The molecule has 1 unspecified atom stereocenters. The van der Waals surface area contributed by atoms with Crippen LogP contribution in [0.1, 0.15) is 30.5 Å². The van der Waals surface area contributed by atoms with E-state index in [1.165, 1.54) is 18.2 Å². The van der Waals surface area contributed by atoms with Crippen LogP contribution in [-0.4, -0.2) is 36.7 Å². The summed E-state index contributed by atoms with van der Waals surface area (Å²) >= 11 is 0. The molecule has 0 saturated heterocycles. The van der Waals surface area contributed by atoms with Crippen molar-refractivity contribution >= 4 is 23.6 Å². The van der Waals surface area contributed by atoms with Gasteiger partial charge in [-0.25, -0.2) is 4.79 Å². The number of nitrogens with zero attached hydrogens (tertiary/aromatic N) is 1. The fourth-order valence-corrected chi connectivity index (χ4v) is 3.32. The first kappa shape index (κ1) is 24.7. The van der Waals surface area contributed by atoms with Crippen LogP contribution in [0.5, 0.6) is 11.5 Å². The van der Waals surface area contributed by atoms with Gasteiger partial charge in [0, 0.05) is 29.3 Å². The number of rotatable bonds is 9. The SMILES string of the molecule is COc1ccc(/C=C/C(=O)NC(C(=O)OCc2cc([N+](=O)[O-])cc3c2OCOC3)C(C)C)cc1. The van der Waals surface area contributed by atoms with Gasteiger partial charge in [0.05, 0.1) is 18.6 Å². The Balaban J connectivity index is 1.66. The van der Waals surface area contributed by atoms with Crippen LogP contribution in [0.25, 0.3) is 6.08 Å². The quantitative estimate of drug-likeness (QED) is 0.256. The van der Waals surface area contributed by atoms with Crippen molar-refractivity contribution < 1.29 is 33.5 Å². The topological polar surface area (TPSA) is 126 Å². The highest BCUT2D eigenvalue weighted by atomic mass is 16.7. The van der Waals surface area contributed by atoms with Crippen LogP contribution >= 0.6 is 0 Å². The van der Waals surface area contributed by atoms with Crippen LogP contribution in [0, 0.1) is 16.0 Å². The van der Waals surface area contributed by atoms with E-state index in [9.17, 15) is 19.7 Å². The number of carbonyl (C=O) groups excluding carboxylic acids is 2. The van der Waals surface area contributed by atoms with E-state index < -0.39 is 22.8 Å². The van der Waals surface area contributed by atoms with Gasteiger partial charge in [-0.2, -0.15) is 0 Å². The molecule has 1 N–H and O–H groups in total. The van der Waals surface area contributed by atoms with E-state index in [1.807, 2.05) is 0 Å². The summed E-state index contributed by atoms with van der Waals surface area (Å²) in [5, 5.41) is 13.9. The Morgan fingerprint density at radius 1 is 1.24 bits per heavy atom. The summed E-state index contributed by atoms with van der Waals surface area (Å²) in [5.74, 6) is -0.271. The highest BCUT2D eigenvalue weighted by Gasteiger charge is 2.27. The summed E-state index contributed by atoms with van der Waals surface area (Å²) < 4.78 is 21.1. The summed E-state index contributed by atoms with van der Waals surface area (Å²) in [4.78, 5) is 35.9. The highest BCUT2D eigenvalue weighted by Crippen LogP contribution is 2.33. The lowest BCUT2D eigenvalue weighted by atomic mass is 10.0. The number of hydrogen-bond acceptors (Lipinski definition) is 8. The molecular formula is C24H26N2O8. The van der Waals surface area contributed by atoms with E-state index in [2.05, 4.69) is 5.32 Å². The lowest BCUT2D eigenvalue weighted by Gasteiger charge is -2.22. The number of nitrogens with one attached hydrogen (secondary N) is 1. The molecule has 1 atom stereocenters. The van der Waals surface area contributed by atoms with Gasteiger partial charge in [-0.05, 0) is 29.7 Å². The van der Waals surface area contributed by atoms with Gasteiger partial charge in [0.25, 0.3) is 5.69 Å². The molecule has 3 rings (SSSR count). The minimum atomic E-state index is -0.910. The number of nitro benzene ring substituents is 1. The van der Waals surface area contributed by atoms with Crippen molar-refractivity contribution in [1.29, 1.82) is 0 Å². The van der Waals surface area contributed by atoms with Crippen molar-refractivity contribution in [3.05, 3.63) is 69.3 Å². The Kier molecular flexibility index (Phi) is 8.20. The molecule has 2 aromatic rings. The normalized spacial score (nSPS) is 13.6. The standard InChI is InChI=1S/C24H26N2O8/c1-15(2)22(25-21(27)9-6-16-4-7-20(31-3)8-5-16)24(28)33-13-18-11-19(26(29)30)10-17-12-32-14-34-23(17)18/h4-11,15,22H,12-14H2,1-3H3,(H,25,27)/b9-6+. The molecule has 0 aromatic heterocycles. The van der Waals surface area contributed by atoms with Gasteiger partial charge in [-0.15, -0.1) is 0 Å². The monoisotopic (exact) mass is 470 g/mol. The minimum Gasteiger partial charge on any atom is -0.497 e. The molecule has 0 saturated carbocycles. The molecule has 0 radical (unpaired) electrons. The third-order valence-corrected chi connectivity index (χ3v) is 5.11. The molecule has 1 heterocycles. The molecule has 0 aliphatic carbocycles. The maximum absolute atomic E-state index is 12.8. The summed E-state index contributed by atoms with van der Waals surface area (Å²) in [6, 6.07) is 8.90. The number of non-ortho nitro benzene ring substituents is 1. The molecule has 1 aliphatic heterocycles. The number of nitro groups is 1. The molecule has 0 fully saturated rings. The second kappa shape index (κ2) is 11.3. The van der Waals surface area contributed by atoms with Crippen molar-refractivity contribution in [1.82, 2.24) is 5.32 Å². The predicted molar refractivity (Wildman–Crippen MR) is 122 cm³/mol. The molecular weight excluding hydrogens is 444 g/mol. The maximum atomic E-state index is 12.8. The largest absolute Gasteiger partial charge is 0.497 e. The van der Waals surface area contributed by atoms with Crippen LogP contribution in [0.3, 0.4) is 0 Å². The van der Waals surface area contributed by atoms with E-state index in [1.54, 1.807) is 51.3 Å². The molecule has 1 amide bonds. The zero-order valence-electron chi connectivity index (χ0n) is 19.1. The van der Waals surface area contributed by atoms with Gasteiger partial charge in [-0.3, -0.25) is 14.9 Å². The zero-order chi connectivity index (χ0) is 24.7. The second-order valence-corrected chi connectivity index (χ2v) is 7.91. The number of benzene rings is 2. The van der Waals surface area contributed by atoms with E-state index in [0.717, 1.165) is 5.56 Å². The minimum absolute atomic E-state index is 0.00301. The van der Waals surface area contributed by atoms with Crippen molar-refractivity contribution in [3.8, 4) is 11.5 Å². The average Bonchev–Trinajstić information content (AvgIpc) is 2.84. The third-order valence-electron chi connectivity index (χ3n) is 5.11. The molecule has 2 aromatic carbocycles. The molecule has 0 bridgehead atoms. The van der Waals surface area contributed by atoms with Gasteiger partial charge in [0.15, 0.2) is 6.79 Å². The predicted octanol–water partition coefficient (Wildman–Crippen LogP) is 3.37. The van der Waals surface area contributed by atoms with E-state index in [-0.39, 0.29) is 31.6 Å². The fourth-order valence-electron chi connectivity index (χ4n) is 3.32. The van der Waals surface area contributed by atoms with Crippen molar-refractivity contribution in [3.63, 3.8) is 0 Å². The lowest BCUT2D eigenvalue weighted by Crippen LogP contribution is -2.44. The van der Waals surface area contributed by atoms with Crippen LogP contribution in [-0.2, 0) is 32.3 Å². The van der Waals surface area contributed by atoms with Crippen molar-refractivity contribution in [2.75, 3.05) is 13.9 Å². The van der Waals surface area contributed by atoms with Crippen LogP contribution in [0.2, 0.25) is 0 Å². The number of carbonyl (C=O) groups is 2. The summed E-state index contributed by atoms with van der Waals surface area (Å²) in [7, 11) is 1.57. The highest BCUT2D eigenvalue weighted by molar-refractivity contribution is 5.94. The van der Waals surface area contributed by atoms with Gasteiger partial charge in [0.2, 0.25) is 5.91 Å². The number of hydrogen-bond donors (Lipinski definition) is 1. The second-order valence-electron chi connectivity index (χ2n) is 7.91. The molecule has 180 valence electrons. The van der Waals surface area contributed by atoms with Gasteiger partial charge >= 0.3 is 5.97 Å². The van der Waals surface area contributed by atoms with Gasteiger partial charge in [-0.1, -0.05) is 26.0 Å². The Labute approximate surface area is 196 Å². The third kappa shape index (κ3) is 6.32. The zero-order valence-corrected chi connectivity index (χ0v) is 19.1. The Hall–Kier alpha value is -3.92. The first-order valence-corrected chi connectivity index (χ1v) is 10.6. The molecule has 10 heteroatoms. The smallest absolute Gasteiger partial charge is 0.329 e. The van der Waals surface area contributed by atoms with E-state index in [4.69, 9.17) is 18.9 Å². The number of ether oxygens (including phenoxy) is 4. The Bertz CT molecular complexity index is 1080. The van der Waals surface area contributed by atoms with Crippen LogP contribution in [0.15, 0.2) is 42.5 Å². The number of amides is 1. The summed E-state index contributed by atoms with van der Waals surface area (Å²) in [6.07, 6.45) is 2.95. The first-order chi connectivity index (χ1) is 16.3. The number of methoxy groups -OCH3 is 1. The average molecular weight is 470 g/mol. The van der Waals surface area contributed by atoms with Crippen molar-refractivity contribution in [2.24, 2.45) is 5.92 Å².